The van der Waals surface area contributed by atoms with Crippen molar-refractivity contribution in [3.63, 3.8) is 0 Å². The largest absolute Gasteiger partial charge is 0.326 e. The molecule has 7 heteroatoms. The van der Waals surface area contributed by atoms with Gasteiger partial charge in [-0.05, 0) is 49.6 Å². The lowest BCUT2D eigenvalue weighted by molar-refractivity contribution is -0.120. The molecule has 0 unspecified atom stereocenters. The molecular weight excluding hydrogens is 392 g/mol. The molecule has 0 spiro atoms. The monoisotopic (exact) mass is 418 g/mol. The fraction of sp³-hybridized carbons (Fsp3) is 0.381. The molecule has 2 aromatic rings. The minimum absolute atomic E-state index is 0.0732. The minimum atomic E-state index is -3.24. The van der Waals surface area contributed by atoms with Gasteiger partial charge in [-0.2, -0.15) is 0 Å². The number of thioether (sulfide) groups is 1. The molecule has 28 heavy (non-hydrogen) atoms. The molecule has 0 saturated carbocycles. The number of anilines is 1. The molecule has 2 aromatic carbocycles. The summed E-state index contributed by atoms with van der Waals surface area (Å²) in [5.74, 6) is 0.528. The van der Waals surface area contributed by atoms with E-state index in [4.69, 9.17) is 0 Å². The van der Waals surface area contributed by atoms with Gasteiger partial charge in [-0.3, -0.25) is 4.79 Å². The third-order valence-electron chi connectivity index (χ3n) is 4.88. The van der Waals surface area contributed by atoms with E-state index in [-0.39, 0.29) is 24.1 Å². The van der Waals surface area contributed by atoms with Crippen LogP contribution < -0.4 is 5.32 Å². The average Bonchev–Trinajstić information content (AvgIpc) is 2.74. The van der Waals surface area contributed by atoms with Crippen LogP contribution in [0.25, 0.3) is 0 Å². The highest BCUT2D eigenvalue weighted by molar-refractivity contribution is 7.98. The van der Waals surface area contributed by atoms with Gasteiger partial charge in [-0.25, -0.2) is 12.7 Å². The van der Waals surface area contributed by atoms with Crippen LogP contribution in [0.15, 0.2) is 59.5 Å². The highest BCUT2D eigenvalue weighted by Crippen LogP contribution is 2.24. The Kier molecular flexibility index (Phi) is 7.15. The van der Waals surface area contributed by atoms with Gasteiger partial charge < -0.3 is 5.32 Å². The fourth-order valence-corrected chi connectivity index (χ4v) is 5.26. The summed E-state index contributed by atoms with van der Waals surface area (Å²) < 4.78 is 25.6. The topological polar surface area (TPSA) is 66.5 Å². The number of sulfonamides is 1. The van der Waals surface area contributed by atoms with E-state index in [2.05, 4.69) is 17.4 Å². The number of benzene rings is 2. The summed E-state index contributed by atoms with van der Waals surface area (Å²) in [7, 11) is -3.24. The normalized spacial score (nSPS) is 18.0. The number of hydrogen-bond acceptors (Lipinski definition) is 4. The molecular formula is C21H26N2O3S2. The van der Waals surface area contributed by atoms with Crippen molar-refractivity contribution >= 4 is 33.4 Å². The summed E-state index contributed by atoms with van der Waals surface area (Å²) in [4.78, 5) is 13.8. The lowest BCUT2D eigenvalue weighted by Gasteiger charge is -2.30. The second-order valence-corrected chi connectivity index (χ2v) is 10.2. The Balaban J connectivity index is 1.54. The molecule has 1 fully saturated rings. The van der Waals surface area contributed by atoms with E-state index in [1.807, 2.05) is 42.5 Å². The highest BCUT2D eigenvalue weighted by Gasteiger charge is 2.31. The first-order valence-corrected chi connectivity index (χ1v) is 12.1. The fourth-order valence-electron chi connectivity index (χ4n) is 3.20. The number of carbonyl (C=O) groups excluding carboxylic acids is 1. The number of piperidine rings is 1. The molecule has 1 N–H and O–H groups in total. The van der Waals surface area contributed by atoms with Crippen LogP contribution in [0.2, 0.25) is 0 Å². The summed E-state index contributed by atoms with van der Waals surface area (Å²) in [5, 5.41) is 2.94. The van der Waals surface area contributed by atoms with Gasteiger partial charge >= 0.3 is 0 Å². The van der Waals surface area contributed by atoms with Gasteiger partial charge in [0, 0.05) is 29.4 Å². The number of amides is 1. The molecule has 1 heterocycles. The van der Waals surface area contributed by atoms with E-state index < -0.39 is 10.0 Å². The first kappa shape index (κ1) is 20.9. The third kappa shape index (κ3) is 5.59. The molecule has 1 amide bonds. The molecule has 1 aliphatic rings. The highest BCUT2D eigenvalue weighted by atomic mass is 32.2. The van der Waals surface area contributed by atoms with E-state index >= 15 is 0 Å². The molecule has 0 bridgehead atoms. The average molecular weight is 419 g/mol. The molecule has 1 saturated heterocycles. The van der Waals surface area contributed by atoms with Gasteiger partial charge in [0.15, 0.2) is 0 Å². The van der Waals surface area contributed by atoms with Crippen molar-refractivity contribution in [1.29, 1.82) is 0 Å². The van der Waals surface area contributed by atoms with Crippen LogP contribution in [-0.2, 0) is 20.6 Å². The van der Waals surface area contributed by atoms with Crippen LogP contribution in [0.1, 0.15) is 25.3 Å². The van der Waals surface area contributed by atoms with Gasteiger partial charge in [0.1, 0.15) is 0 Å². The van der Waals surface area contributed by atoms with E-state index in [0.717, 1.165) is 11.4 Å². The number of hydrogen-bond donors (Lipinski definition) is 1. The van der Waals surface area contributed by atoms with Crippen molar-refractivity contribution in [3.8, 4) is 0 Å². The second-order valence-electron chi connectivity index (χ2n) is 6.89. The molecule has 1 aliphatic heterocycles. The van der Waals surface area contributed by atoms with Crippen molar-refractivity contribution in [1.82, 2.24) is 4.31 Å². The molecule has 0 radical (unpaired) electrons. The lowest BCUT2D eigenvalue weighted by atomic mass is 9.98. The van der Waals surface area contributed by atoms with Gasteiger partial charge in [-0.15, -0.1) is 11.8 Å². The first-order chi connectivity index (χ1) is 13.5. The summed E-state index contributed by atoms with van der Waals surface area (Å²) in [6.45, 7) is 2.41. The number of nitrogens with one attached hydrogen (secondary N) is 1. The smallest absolute Gasteiger partial charge is 0.228 e. The minimum Gasteiger partial charge on any atom is -0.326 e. The quantitative estimate of drug-likeness (QED) is 0.691. The molecule has 3 rings (SSSR count). The maximum Gasteiger partial charge on any atom is 0.228 e. The number of carbonyl (C=O) groups is 1. The summed E-state index contributed by atoms with van der Waals surface area (Å²) >= 11 is 1.77. The van der Waals surface area contributed by atoms with Crippen LogP contribution >= 0.6 is 11.8 Å². The van der Waals surface area contributed by atoms with Crippen LogP contribution in [0.4, 0.5) is 5.69 Å². The Hall–Kier alpha value is -1.83. The summed E-state index contributed by atoms with van der Waals surface area (Å²) in [6.07, 6.45) is 1.43. The van der Waals surface area contributed by atoms with Gasteiger partial charge in [0.05, 0.1) is 11.7 Å². The molecule has 0 aromatic heterocycles. The molecule has 1 atom stereocenters. The van der Waals surface area contributed by atoms with Gasteiger partial charge in [0.25, 0.3) is 0 Å². The zero-order chi connectivity index (χ0) is 20.0. The van der Waals surface area contributed by atoms with Crippen molar-refractivity contribution in [2.45, 2.75) is 30.4 Å². The Morgan fingerprint density at radius 2 is 1.86 bits per heavy atom. The third-order valence-corrected chi connectivity index (χ3v) is 7.81. The zero-order valence-electron chi connectivity index (χ0n) is 16.0. The second kappa shape index (κ2) is 9.58. The lowest BCUT2D eigenvalue weighted by Crippen LogP contribution is -2.44. The maximum absolute atomic E-state index is 12.6. The summed E-state index contributed by atoms with van der Waals surface area (Å²) in [5.41, 5.74) is 1.93. The number of rotatable bonds is 7. The van der Waals surface area contributed by atoms with Crippen molar-refractivity contribution in [2.75, 3.05) is 24.2 Å². The SMILES string of the molecule is CCS(=O)(=O)N1CCC[C@H](C(=O)Nc2ccc(CSc3ccccc3)cc2)C1. The van der Waals surface area contributed by atoms with Crippen molar-refractivity contribution < 1.29 is 13.2 Å². The van der Waals surface area contributed by atoms with E-state index in [1.54, 1.807) is 18.7 Å². The van der Waals surface area contributed by atoms with Gasteiger partial charge in [-0.1, -0.05) is 30.3 Å². The Morgan fingerprint density at radius 3 is 2.54 bits per heavy atom. The Bertz CT molecular complexity index is 884. The Labute approximate surface area is 171 Å². The van der Waals surface area contributed by atoms with Crippen LogP contribution in [0.3, 0.4) is 0 Å². The van der Waals surface area contributed by atoms with E-state index in [0.29, 0.717) is 19.4 Å². The maximum atomic E-state index is 12.6. The zero-order valence-corrected chi connectivity index (χ0v) is 17.6. The molecule has 5 nitrogen and oxygen atoms in total. The Morgan fingerprint density at radius 1 is 1.14 bits per heavy atom. The van der Waals surface area contributed by atoms with Crippen molar-refractivity contribution in [3.05, 3.63) is 60.2 Å². The van der Waals surface area contributed by atoms with Crippen LogP contribution in [0.5, 0.6) is 0 Å². The van der Waals surface area contributed by atoms with Gasteiger partial charge in [0.2, 0.25) is 15.9 Å². The van der Waals surface area contributed by atoms with Crippen LogP contribution in [0, 0.1) is 5.92 Å². The van der Waals surface area contributed by atoms with E-state index in [9.17, 15) is 13.2 Å². The summed E-state index contributed by atoms with van der Waals surface area (Å²) in [6, 6.07) is 18.1. The standard InChI is InChI=1S/C21H26N2O3S2/c1-2-28(25,26)23-14-6-7-18(15-23)21(24)22-19-12-10-17(11-13-19)16-27-20-8-4-3-5-9-20/h3-5,8-13,18H,2,6-7,14-16H2,1H3,(H,22,24)/t18-/m0/s1. The molecule has 150 valence electrons. The van der Waals surface area contributed by atoms with E-state index in [1.165, 1.54) is 14.8 Å². The molecule has 0 aliphatic carbocycles. The van der Waals surface area contributed by atoms with Crippen molar-refractivity contribution in [2.24, 2.45) is 5.92 Å². The first-order valence-electron chi connectivity index (χ1n) is 9.53. The number of nitrogens with zero attached hydrogens (tertiary/aromatic N) is 1. The van der Waals surface area contributed by atoms with Crippen LogP contribution in [-0.4, -0.2) is 37.5 Å². The predicted molar refractivity (Wildman–Crippen MR) is 115 cm³/mol. The predicted octanol–water partition coefficient (Wildman–Crippen LogP) is 3.98.